The number of phenols is 1. The van der Waals surface area contributed by atoms with Crippen LogP contribution in [-0.4, -0.2) is 69.7 Å². The van der Waals surface area contributed by atoms with Crippen LogP contribution < -0.4 is 24.7 Å². The van der Waals surface area contributed by atoms with Crippen LogP contribution in [0.2, 0.25) is 0 Å². The number of ether oxygens (including phenoxy) is 4. The number of aliphatic hydroxyl groups excluding tert-OH is 1. The zero-order valence-corrected chi connectivity index (χ0v) is 24.7. The molecule has 0 aromatic heterocycles. The minimum absolute atomic E-state index is 0.0104. The summed E-state index contributed by atoms with van der Waals surface area (Å²) >= 11 is 0. The van der Waals surface area contributed by atoms with Crippen LogP contribution in [0.4, 0.5) is 0 Å². The van der Waals surface area contributed by atoms with E-state index < -0.39 is 82.5 Å². The number of para-hydroxylation sites is 1. The zero-order chi connectivity index (χ0) is 33.1. The molecule has 2 fully saturated rings. The third-order valence-corrected chi connectivity index (χ3v) is 10.3. The molecular weight excluding hydrogens is 614 g/mol. The fraction of sp³-hybridized carbons (Fsp3) is 0.324. The van der Waals surface area contributed by atoms with Gasteiger partial charge in [0.25, 0.3) is 0 Å². The van der Waals surface area contributed by atoms with Gasteiger partial charge < -0.3 is 40.0 Å². The van der Waals surface area contributed by atoms with Crippen LogP contribution in [0.15, 0.2) is 42.5 Å². The number of amides is 1. The van der Waals surface area contributed by atoms with Gasteiger partial charge in [0.15, 0.2) is 57.6 Å². The predicted octanol–water partition coefficient (Wildman–Crippen LogP) is 1.65. The van der Waals surface area contributed by atoms with Gasteiger partial charge in [-0.2, -0.15) is 0 Å². The number of rotatable bonds is 3. The molecule has 240 valence electrons. The molecule has 0 spiro atoms. The Balaban J connectivity index is 1.37. The van der Waals surface area contributed by atoms with E-state index in [1.54, 1.807) is 49.4 Å². The molecule has 8 rings (SSSR count). The van der Waals surface area contributed by atoms with Gasteiger partial charge in [-0.15, -0.1) is 0 Å². The second-order valence-corrected chi connectivity index (χ2v) is 12.5. The third-order valence-electron chi connectivity index (χ3n) is 10.3. The van der Waals surface area contributed by atoms with Crippen molar-refractivity contribution in [3.8, 4) is 51.0 Å². The lowest BCUT2D eigenvalue weighted by atomic mass is 9.50. The number of aromatic hydroxyl groups is 1. The average Bonchev–Trinajstić information content (AvgIpc) is 3.72. The fourth-order valence-corrected chi connectivity index (χ4v) is 8.16. The molecule has 1 amide bonds. The number of fused-ring (bicyclic) bond motifs is 5. The van der Waals surface area contributed by atoms with E-state index in [0.717, 1.165) is 0 Å². The summed E-state index contributed by atoms with van der Waals surface area (Å²) in [5, 5.41) is 35.3. The second-order valence-electron chi connectivity index (χ2n) is 12.5. The Kier molecular flexibility index (Phi) is 6.12. The van der Waals surface area contributed by atoms with Crippen molar-refractivity contribution in [2.45, 2.75) is 31.0 Å². The number of hydrogen-bond donors (Lipinski definition) is 4. The molecule has 3 aromatic carbocycles. The van der Waals surface area contributed by atoms with Gasteiger partial charge in [-0.25, -0.2) is 0 Å². The molecule has 7 atom stereocenters. The third kappa shape index (κ3) is 3.74. The summed E-state index contributed by atoms with van der Waals surface area (Å²) < 4.78 is 22.3. The summed E-state index contributed by atoms with van der Waals surface area (Å²) in [4.78, 5) is 67.1. The molecule has 0 radical (unpaired) electrons. The van der Waals surface area contributed by atoms with E-state index in [1.807, 2.05) is 0 Å². The van der Waals surface area contributed by atoms with Gasteiger partial charge in [-0.3, -0.25) is 24.0 Å². The number of ketones is 4. The molecule has 13 heteroatoms. The predicted molar refractivity (Wildman–Crippen MR) is 158 cm³/mol. The van der Waals surface area contributed by atoms with Crippen molar-refractivity contribution in [3.63, 3.8) is 0 Å². The Bertz CT molecular complexity index is 1990. The van der Waals surface area contributed by atoms with Crippen LogP contribution in [0.1, 0.15) is 35.2 Å². The number of nitrogens with two attached hydrogens (primary N) is 1. The first-order valence-electron chi connectivity index (χ1n) is 15.0. The van der Waals surface area contributed by atoms with Crippen LogP contribution in [0.3, 0.4) is 0 Å². The molecule has 2 saturated carbocycles. The second kappa shape index (κ2) is 9.86. The number of carbonyl (C=O) groups is 5. The lowest BCUT2D eigenvalue weighted by Crippen LogP contribution is -2.72. The summed E-state index contributed by atoms with van der Waals surface area (Å²) in [6.45, 7) is 1.60. The van der Waals surface area contributed by atoms with E-state index in [0.29, 0.717) is 45.3 Å². The van der Waals surface area contributed by atoms with E-state index in [4.69, 9.17) is 24.7 Å². The van der Waals surface area contributed by atoms with Crippen molar-refractivity contribution >= 4 is 29.0 Å². The van der Waals surface area contributed by atoms with Gasteiger partial charge in [-0.05, 0) is 46.9 Å². The Hall–Kier alpha value is -5.27. The highest BCUT2D eigenvalue weighted by Gasteiger charge is 2.70. The van der Waals surface area contributed by atoms with E-state index >= 15 is 0 Å². The van der Waals surface area contributed by atoms with Crippen molar-refractivity contribution in [2.75, 3.05) is 13.6 Å². The van der Waals surface area contributed by atoms with E-state index in [-0.39, 0.29) is 24.7 Å². The number of primary amides is 1. The van der Waals surface area contributed by atoms with E-state index in [9.17, 15) is 39.3 Å². The molecule has 0 saturated heterocycles. The summed E-state index contributed by atoms with van der Waals surface area (Å²) in [5.74, 6) is -12.3. The smallest absolute Gasteiger partial charge is 0.235 e. The van der Waals surface area contributed by atoms with Gasteiger partial charge in [0.05, 0.1) is 17.6 Å². The minimum Gasteiger partial charge on any atom is -0.507 e. The molecule has 5 N–H and O–H groups in total. The molecule has 3 aromatic rings. The van der Waals surface area contributed by atoms with Gasteiger partial charge in [0.2, 0.25) is 19.5 Å². The number of hydrogen-bond acceptors (Lipinski definition) is 12. The Morgan fingerprint density at radius 1 is 0.894 bits per heavy atom. The lowest BCUT2D eigenvalue weighted by Gasteiger charge is -2.53. The highest BCUT2D eigenvalue weighted by atomic mass is 16.7. The van der Waals surface area contributed by atoms with Crippen LogP contribution in [0.5, 0.6) is 28.7 Å². The molecule has 2 heterocycles. The minimum atomic E-state index is -3.03. The van der Waals surface area contributed by atoms with Crippen molar-refractivity contribution < 1.29 is 58.2 Å². The number of aliphatic hydroxyl groups is 2. The quantitative estimate of drug-likeness (QED) is 0.301. The van der Waals surface area contributed by atoms with Crippen LogP contribution >= 0.6 is 0 Å². The Labute approximate surface area is 265 Å². The first kappa shape index (κ1) is 29.2. The molecule has 47 heavy (non-hydrogen) atoms. The average molecular weight is 642 g/mol. The van der Waals surface area contributed by atoms with Gasteiger partial charge in [-0.1, -0.05) is 25.1 Å². The molecule has 2 aliphatic heterocycles. The molecule has 13 nitrogen and oxygen atoms in total. The van der Waals surface area contributed by atoms with Crippen molar-refractivity contribution in [1.82, 2.24) is 0 Å². The molecule has 2 unspecified atom stereocenters. The molecule has 0 bridgehead atoms. The van der Waals surface area contributed by atoms with Crippen molar-refractivity contribution in [1.29, 1.82) is 0 Å². The number of phenolic OH excluding ortho intramolecular Hbond substituents is 1. The topological polar surface area (TPSA) is 209 Å². The monoisotopic (exact) mass is 641 g/mol. The molecule has 5 aliphatic rings. The SMILES string of the molecule is C[C@H]1c2c(-c3ccc4c(c3)OCO4)cc(-c3cccc4c3OCO4)c(O)c2C(=O)C2C(=O)[C@]3(O)C(=O)C(C(N)=O)C(=O)C[C@@H]3[C@@H](O)[C@@H]21. The first-order valence-corrected chi connectivity index (χ1v) is 15.0. The van der Waals surface area contributed by atoms with E-state index in [2.05, 4.69) is 0 Å². The number of Topliss-reactive ketones (excluding diaryl/α,β-unsaturated/α-hetero) is 4. The van der Waals surface area contributed by atoms with Crippen molar-refractivity contribution in [3.05, 3.63) is 53.6 Å². The summed E-state index contributed by atoms with van der Waals surface area (Å²) in [7, 11) is 0. The Morgan fingerprint density at radius 2 is 1.62 bits per heavy atom. The normalized spacial score (nSPS) is 30.1. The lowest BCUT2D eigenvalue weighted by molar-refractivity contribution is -0.189. The summed E-state index contributed by atoms with van der Waals surface area (Å²) in [6, 6.07) is 11.9. The van der Waals surface area contributed by atoms with Gasteiger partial charge in [0.1, 0.15) is 5.75 Å². The molecular formula is C34H27NO12. The number of carbonyl (C=O) groups excluding carboxylic acids is 5. The largest absolute Gasteiger partial charge is 0.507 e. The fourth-order valence-electron chi connectivity index (χ4n) is 8.16. The first-order chi connectivity index (χ1) is 22.4. The highest BCUT2D eigenvalue weighted by Crippen LogP contribution is 2.58. The zero-order valence-electron chi connectivity index (χ0n) is 24.7. The maximum atomic E-state index is 14.6. The van der Waals surface area contributed by atoms with Crippen LogP contribution in [0.25, 0.3) is 22.3 Å². The maximum absolute atomic E-state index is 14.6. The molecule has 3 aliphatic carbocycles. The van der Waals surface area contributed by atoms with Crippen LogP contribution in [0, 0.1) is 23.7 Å². The standard InChI is InChI=1S/C34H27NO12/c1-12-22-15(13-5-6-19-21(7-13)46-10-44-19)8-16(14-3-2-4-20-30(14)47-11-45-20)27(37)25(22)29(39)26-23(12)28(38)17-9-18(36)24(33(35)42)31(40)34(17,43)32(26)41/h2-8,12,17,23-24,26,28,37-38,43H,9-11H2,1H3,(H2,35,42)/t12-,17+,23+,24?,26?,28+,34+/m0/s1. The van der Waals surface area contributed by atoms with Gasteiger partial charge >= 0.3 is 0 Å². The Morgan fingerprint density at radius 3 is 2.38 bits per heavy atom. The maximum Gasteiger partial charge on any atom is 0.235 e. The van der Waals surface area contributed by atoms with E-state index in [1.165, 1.54) is 0 Å². The van der Waals surface area contributed by atoms with Crippen LogP contribution in [-0.2, 0) is 19.2 Å². The van der Waals surface area contributed by atoms with Crippen molar-refractivity contribution in [2.24, 2.45) is 29.4 Å². The highest BCUT2D eigenvalue weighted by molar-refractivity contribution is 6.31. The van der Waals surface area contributed by atoms with Gasteiger partial charge in [0, 0.05) is 29.4 Å². The number of benzene rings is 3. The summed E-state index contributed by atoms with van der Waals surface area (Å²) in [6.07, 6.45) is -2.38. The summed E-state index contributed by atoms with van der Waals surface area (Å²) in [5.41, 5.74) is 3.92.